The number of nitrogens with zero attached hydrogens (tertiary/aromatic N) is 1. The van der Waals surface area contributed by atoms with Crippen molar-refractivity contribution in [2.24, 2.45) is 0 Å². The lowest BCUT2D eigenvalue weighted by molar-refractivity contribution is -0.127. The SMILES string of the molecule is C#CCOC=O.c1c[nH]cn1. The van der Waals surface area contributed by atoms with Gasteiger partial charge in [0.1, 0.15) is 0 Å². The van der Waals surface area contributed by atoms with Gasteiger partial charge in [-0.15, -0.1) is 6.42 Å². The van der Waals surface area contributed by atoms with Crippen LogP contribution in [0.1, 0.15) is 0 Å². The minimum absolute atomic E-state index is 0.0729. The summed E-state index contributed by atoms with van der Waals surface area (Å²) in [6.45, 7) is 0.392. The van der Waals surface area contributed by atoms with Crippen molar-refractivity contribution < 1.29 is 9.53 Å². The summed E-state index contributed by atoms with van der Waals surface area (Å²) in [5.74, 6) is 2.12. The van der Waals surface area contributed by atoms with E-state index >= 15 is 0 Å². The molecule has 11 heavy (non-hydrogen) atoms. The second kappa shape index (κ2) is 8.24. The molecule has 0 atom stereocenters. The number of carbonyl (C=O) groups is 1. The molecular weight excluding hydrogens is 144 g/mol. The molecule has 0 aliphatic heterocycles. The number of hydrogen-bond donors (Lipinski definition) is 1. The van der Waals surface area contributed by atoms with Crippen molar-refractivity contribution in [1.29, 1.82) is 0 Å². The molecule has 0 aromatic carbocycles. The van der Waals surface area contributed by atoms with Crippen molar-refractivity contribution in [2.45, 2.75) is 0 Å². The van der Waals surface area contributed by atoms with Gasteiger partial charge in [-0.3, -0.25) is 4.79 Å². The molecule has 0 bridgehead atoms. The predicted octanol–water partition coefficient (Wildman–Crippen LogP) is 0.202. The average molecular weight is 152 g/mol. The number of aromatic amines is 1. The standard InChI is InChI=1S/C4H4O2.C3H4N2/c1-2-3-6-4-5;1-2-5-3-4-1/h1,4H,3H2;1-3H,(H,4,5). The Kier molecular flexibility index (Phi) is 6.92. The second-order valence-electron chi connectivity index (χ2n) is 1.37. The first-order valence-corrected chi connectivity index (χ1v) is 2.83. The van der Waals surface area contributed by atoms with E-state index in [2.05, 4.69) is 27.0 Å². The van der Waals surface area contributed by atoms with Crippen LogP contribution < -0.4 is 0 Å². The van der Waals surface area contributed by atoms with Gasteiger partial charge in [0, 0.05) is 12.4 Å². The number of hydrogen-bond acceptors (Lipinski definition) is 3. The number of rotatable bonds is 2. The molecule has 0 spiro atoms. The average Bonchev–Trinajstić information content (AvgIpc) is 2.57. The first kappa shape index (κ1) is 9.24. The topological polar surface area (TPSA) is 55.0 Å². The van der Waals surface area contributed by atoms with Gasteiger partial charge in [0.05, 0.1) is 6.33 Å². The molecule has 0 radical (unpaired) electrons. The fourth-order valence-corrected chi connectivity index (χ4v) is 0.297. The first-order valence-electron chi connectivity index (χ1n) is 2.83. The Hall–Kier alpha value is -1.76. The minimum atomic E-state index is 0.0729. The Morgan fingerprint density at radius 2 is 2.64 bits per heavy atom. The highest BCUT2D eigenvalue weighted by Crippen LogP contribution is 1.62. The number of aromatic nitrogens is 2. The summed E-state index contributed by atoms with van der Waals surface area (Å²) < 4.78 is 4.07. The molecule has 0 saturated heterocycles. The lowest BCUT2D eigenvalue weighted by atomic mass is 10.8. The van der Waals surface area contributed by atoms with E-state index < -0.39 is 0 Å². The maximum Gasteiger partial charge on any atom is 0.294 e. The Labute approximate surface area is 64.6 Å². The van der Waals surface area contributed by atoms with E-state index in [0.717, 1.165) is 0 Å². The normalized spacial score (nSPS) is 6.82. The quantitative estimate of drug-likeness (QED) is 0.374. The van der Waals surface area contributed by atoms with Crippen LogP contribution in [0.2, 0.25) is 0 Å². The van der Waals surface area contributed by atoms with E-state index in [4.69, 9.17) is 0 Å². The van der Waals surface area contributed by atoms with Crippen LogP contribution in [0.15, 0.2) is 18.7 Å². The summed E-state index contributed by atoms with van der Waals surface area (Å²) in [5, 5.41) is 0. The Balaban J connectivity index is 0.000000183. The van der Waals surface area contributed by atoms with Gasteiger partial charge >= 0.3 is 0 Å². The smallest absolute Gasteiger partial charge is 0.294 e. The monoisotopic (exact) mass is 152 g/mol. The third-order valence-electron chi connectivity index (χ3n) is 0.641. The number of ether oxygens (including phenoxy) is 1. The Morgan fingerprint density at radius 1 is 1.82 bits per heavy atom. The summed E-state index contributed by atoms with van der Waals surface area (Å²) in [6.07, 6.45) is 9.76. The van der Waals surface area contributed by atoms with E-state index in [1.165, 1.54) is 0 Å². The van der Waals surface area contributed by atoms with Crippen LogP contribution in [0.3, 0.4) is 0 Å². The summed E-state index contributed by atoms with van der Waals surface area (Å²) in [5.41, 5.74) is 0. The lowest BCUT2D eigenvalue weighted by Gasteiger charge is -1.79. The zero-order valence-electron chi connectivity index (χ0n) is 5.86. The highest BCUT2D eigenvalue weighted by atomic mass is 16.5. The molecule has 1 rings (SSSR count). The van der Waals surface area contributed by atoms with Crippen LogP contribution in [0.5, 0.6) is 0 Å². The first-order chi connectivity index (χ1) is 5.41. The predicted molar refractivity (Wildman–Crippen MR) is 39.4 cm³/mol. The maximum atomic E-state index is 9.25. The summed E-state index contributed by atoms with van der Waals surface area (Å²) in [7, 11) is 0. The zero-order valence-corrected chi connectivity index (χ0v) is 5.86. The van der Waals surface area contributed by atoms with Crippen molar-refractivity contribution in [1.82, 2.24) is 9.97 Å². The van der Waals surface area contributed by atoms with Gasteiger partial charge < -0.3 is 9.72 Å². The molecule has 0 aliphatic carbocycles. The highest BCUT2D eigenvalue weighted by Gasteiger charge is 1.65. The number of terminal acetylenes is 1. The third kappa shape index (κ3) is 8.24. The van der Waals surface area contributed by atoms with Gasteiger partial charge in [-0.05, 0) is 0 Å². The molecule has 0 saturated carbocycles. The van der Waals surface area contributed by atoms with Crippen molar-refractivity contribution in [3.63, 3.8) is 0 Å². The molecule has 0 unspecified atom stereocenters. The number of carbonyl (C=O) groups excluding carboxylic acids is 1. The van der Waals surface area contributed by atoms with Gasteiger partial charge in [0.15, 0.2) is 6.61 Å². The van der Waals surface area contributed by atoms with E-state index in [0.29, 0.717) is 6.47 Å². The molecule has 1 aromatic rings. The molecule has 58 valence electrons. The van der Waals surface area contributed by atoms with Gasteiger partial charge in [0.25, 0.3) is 6.47 Å². The van der Waals surface area contributed by atoms with Crippen molar-refractivity contribution in [2.75, 3.05) is 6.61 Å². The van der Waals surface area contributed by atoms with Crippen molar-refractivity contribution >= 4 is 6.47 Å². The number of H-pyrrole nitrogens is 1. The van der Waals surface area contributed by atoms with Crippen molar-refractivity contribution in [3.05, 3.63) is 18.7 Å². The molecule has 1 N–H and O–H groups in total. The van der Waals surface area contributed by atoms with Crippen LogP contribution in [0.25, 0.3) is 0 Å². The zero-order chi connectivity index (χ0) is 8.36. The van der Waals surface area contributed by atoms with Crippen LogP contribution in [-0.4, -0.2) is 23.0 Å². The highest BCUT2D eigenvalue weighted by molar-refractivity contribution is 5.37. The van der Waals surface area contributed by atoms with E-state index in [9.17, 15) is 4.79 Å². The fraction of sp³-hybridized carbons (Fsp3) is 0.143. The van der Waals surface area contributed by atoms with Gasteiger partial charge in [-0.1, -0.05) is 5.92 Å². The molecule has 1 heterocycles. The van der Waals surface area contributed by atoms with E-state index in [1.807, 2.05) is 0 Å². The minimum Gasteiger partial charge on any atom is -0.455 e. The molecule has 4 heteroatoms. The van der Waals surface area contributed by atoms with E-state index in [-0.39, 0.29) is 6.61 Å². The van der Waals surface area contributed by atoms with Crippen LogP contribution in [-0.2, 0) is 9.53 Å². The lowest BCUT2D eigenvalue weighted by Crippen LogP contribution is -1.83. The Bertz CT molecular complexity index is 183. The molecule has 4 nitrogen and oxygen atoms in total. The molecule has 0 amide bonds. The van der Waals surface area contributed by atoms with Crippen molar-refractivity contribution in [3.8, 4) is 12.3 Å². The Morgan fingerprint density at radius 3 is 2.82 bits per heavy atom. The second-order valence-corrected chi connectivity index (χ2v) is 1.37. The van der Waals surface area contributed by atoms with Gasteiger partial charge in [-0.25, -0.2) is 4.98 Å². The third-order valence-corrected chi connectivity index (χ3v) is 0.641. The van der Waals surface area contributed by atoms with Crippen LogP contribution in [0, 0.1) is 12.3 Å². The number of nitrogens with one attached hydrogen (secondary N) is 1. The summed E-state index contributed by atoms with van der Waals surface area (Å²) in [6, 6.07) is 0. The molecule has 0 fully saturated rings. The fourth-order valence-electron chi connectivity index (χ4n) is 0.297. The summed E-state index contributed by atoms with van der Waals surface area (Å²) >= 11 is 0. The van der Waals surface area contributed by atoms with E-state index in [1.54, 1.807) is 18.7 Å². The van der Waals surface area contributed by atoms with Crippen LogP contribution >= 0.6 is 0 Å². The molecule has 0 aliphatic rings. The van der Waals surface area contributed by atoms with Gasteiger partial charge in [-0.2, -0.15) is 0 Å². The molecule has 1 aromatic heterocycles. The van der Waals surface area contributed by atoms with Crippen LogP contribution in [0.4, 0.5) is 0 Å². The van der Waals surface area contributed by atoms with Gasteiger partial charge in [0.2, 0.25) is 0 Å². The number of imidazole rings is 1. The largest absolute Gasteiger partial charge is 0.455 e. The molecular formula is C7H8N2O2. The summed E-state index contributed by atoms with van der Waals surface area (Å²) in [4.78, 5) is 15.7. The maximum absolute atomic E-state index is 9.25.